The first-order valence-corrected chi connectivity index (χ1v) is 12.8. The Hall–Kier alpha value is -4.62. The minimum Gasteiger partial charge on any atom is -0.309 e. The second-order valence-electron chi connectivity index (χ2n) is 9.71. The third-order valence-corrected chi connectivity index (χ3v) is 6.92. The molecule has 0 aliphatic rings. The largest absolute Gasteiger partial charge is 0.309 e. The average molecular weight is 476 g/mol. The molecule has 6 rings (SSSR count). The zero-order valence-corrected chi connectivity index (χ0v) is 21.2. The second-order valence-corrected chi connectivity index (χ2v) is 9.71. The van der Waals surface area contributed by atoms with Crippen molar-refractivity contribution in [3.05, 3.63) is 149 Å². The molecule has 1 nitrogen and oxygen atoms in total. The van der Waals surface area contributed by atoms with Crippen LogP contribution in [-0.2, 0) is 0 Å². The topological polar surface area (TPSA) is 4.93 Å². The molecule has 0 N–H and O–H groups in total. The van der Waals surface area contributed by atoms with Gasteiger partial charge in [-0.05, 0) is 60.4 Å². The van der Waals surface area contributed by atoms with Crippen LogP contribution in [-0.4, -0.2) is 4.57 Å². The predicted molar refractivity (Wildman–Crippen MR) is 161 cm³/mol. The molecule has 0 spiro atoms. The molecule has 0 atom stereocenters. The van der Waals surface area contributed by atoms with E-state index in [-0.39, 0.29) is 0 Å². The second kappa shape index (κ2) is 9.79. The van der Waals surface area contributed by atoms with Gasteiger partial charge < -0.3 is 4.57 Å². The van der Waals surface area contributed by atoms with Gasteiger partial charge in [0.05, 0.1) is 11.0 Å². The Morgan fingerprint density at radius 2 is 0.838 bits per heavy atom. The van der Waals surface area contributed by atoms with Crippen LogP contribution in [0.2, 0.25) is 0 Å². The molecule has 178 valence electrons. The highest BCUT2D eigenvalue weighted by atomic mass is 15.0. The van der Waals surface area contributed by atoms with Gasteiger partial charge in [-0.15, -0.1) is 0 Å². The minimum atomic E-state index is 1.17. The van der Waals surface area contributed by atoms with Gasteiger partial charge in [0.25, 0.3) is 0 Å². The van der Waals surface area contributed by atoms with E-state index in [9.17, 15) is 0 Å². The maximum atomic E-state index is 2.39. The van der Waals surface area contributed by atoms with E-state index in [1.807, 2.05) is 0 Å². The highest BCUT2D eigenvalue weighted by Crippen LogP contribution is 2.34. The molecule has 1 heteroatoms. The van der Waals surface area contributed by atoms with Crippen LogP contribution >= 0.6 is 0 Å². The Morgan fingerprint density at radius 3 is 1.30 bits per heavy atom. The SMILES string of the molecule is Cc1ccc(/C=C/c2ccc3c4ccc(/C=C/c5ccc(C)cc5)cc4n(-c4ccccc4)c3c2)cc1. The molecule has 0 radical (unpaired) electrons. The van der Waals surface area contributed by atoms with Crippen LogP contribution in [0.4, 0.5) is 0 Å². The maximum absolute atomic E-state index is 2.39. The first-order valence-electron chi connectivity index (χ1n) is 12.8. The lowest BCUT2D eigenvalue weighted by Crippen LogP contribution is -1.93. The zero-order valence-electron chi connectivity index (χ0n) is 21.2. The number of rotatable bonds is 5. The normalized spacial score (nSPS) is 11.8. The summed E-state index contributed by atoms with van der Waals surface area (Å²) >= 11 is 0. The van der Waals surface area contributed by atoms with Crippen molar-refractivity contribution in [1.29, 1.82) is 0 Å². The summed E-state index contributed by atoms with van der Waals surface area (Å²) in [6.45, 7) is 4.24. The van der Waals surface area contributed by atoms with E-state index in [0.29, 0.717) is 0 Å². The van der Waals surface area contributed by atoms with Gasteiger partial charge in [0.2, 0.25) is 0 Å². The van der Waals surface area contributed by atoms with Crippen LogP contribution in [0.15, 0.2) is 115 Å². The minimum absolute atomic E-state index is 1.17. The Bertz CT molecular complexity index is 1630. The summed E-state index contributed by atoms with van der Waals surface area (Å²) < 4.78 is 2.39. The van der Waals surface area contributed by atoms with E-state index in [1.165, 1.54) is 60.9 Å². The standard InChI is InChI=1S/C36H29N/c1-26-8-12-28(13-9-26)16-18-30-20-22-33-34-23-21-31(19-17-29-14-10-27(2)11-15-29)25-36(34)37(35(33)24-30)32-6-4-3-5-7-32/h3-25H,1-2H3/b18-16+,19-17+. The number of aromatic nitrogens is 1. The number of benzene rings is 5. The summed E-state index contributed by atoms with van der Waals surface area (Å²) in [5.74, 6) is 0. The zero-order chi connectivity index (χ0) is 25.2. The van der Waals surface area contributed by atoms with Gasteiger partial charge in [-0.2, -0.15) is 0 Å². The van der Waals surface area contributed by atoms with Gasteiger partial charge in [-0.1, -0.05) is 126 Å². The molecule has 1 aromatic heterocycles. The molecule has 5 aromatic carbocycles. The average Bonchev–Trinajstić information content (AvgIpc) is 3.26. The monoisotopic (exact) mass is 475 g/mol. The summed E-state index contributed by atoms with van der Waals surface area (Å²) in [6.07, 6.45) is 8.77. The summed E-state index contributed by atoms with van der Waals surface area (Å²) in [6, 6.07) is 41.5. The summed E-state index contributed by atoms with van der Waals surface area (Å²) in [5, 5.41) is 2.53. The molecular formula is C36H29N. The highest BCUT2D eigenvalue weighted by molar-refractivity contribution is 6.10. The Labute approximate surface area is 218 Å². The van der Waals surface area contributed by atoms with Crippen LogP contribution < -0.4 is 0 Å². The van der Waals surface area contributed by atoms with Crippen molar-refractivity contribution in [3.63, 3.8) is 0 Å². The van der Waals surface area contributed by atoms with Crippen LogP contribution in [0, 0.1) is 13.8 Å². The van der Waals surface area contributed by atoms with Gasteiger partial charge >= 0.3 is 0 Å². The van der Waals surface area contributed by atoms with Crippen molar-refractivity contribution >= 4 is 46.1 Å². The first kappa shape index (κ1) is 22.8. The van der Waals surface area contributed by atoms with Crippen molar-refractivity contribution in [1.82, 2.24) is 4.57 Å². The quantitative estimate of drug-likeness (QED) is 0.219. The van der Waals surface area contributed by atoms with E-state index in [4.69, 9.17) is 0 Å². The number of nitrogens with zero attached hydrogens (tertiary/aromatic N) is 1. The number of hydrogen-bond donors (Lipinski definition) is 0. The lowest BCUT2D eigenvalue weighted by Gasteiger charge is -2.08. The van der Waals surface area contributed by atoms with Crippen LogP contribution in [0.3, 0.4) is 0 Å². The van der Waals surface area contributed by atoms with Gasteiger partial charge in [0.15, 0.2) is 0 Å². The lowest BCUT2D eigenvalue weighted by molar-refractivity contribution is 1.18. The molecule has 0 aliphatic carbocycles. The number of fused-ring (bicyclic) bond motifs is 3. The van der Waals surface area contributed by atoms with Crippen molar-refractivity contribution < 1.29 is 0 Å². The van der Waals surface area contributed by atoms with E-state index in [2.05, 4.69) is 158 Å². The molecule has 0 bridgehead atoms. The lowest BCUT2D eigenvalue weighted by atomic mass is 10.1. The van der Waals surface area contributed by atoms with Gasteiger partial charge in [0, 0.05) is 16.5 Å². The van der Waals surface area contributed by atoms with Crippen molar-refractivity contribution in [2.75, 3.05) is 0 Å². The molecule has 0 amide bonds. The van der Waals surface area contributed by atoms with Crippen molar-refractivity contribution in [3.8, 4) is 5.69 Å². The summed E-state index contributed by atoms with van der Waals surface area (Å²) in [7, 11) is 0. The first-order chi connectivity index (χ1) is 18.1. The van der Waals surface area contributed by atoms with Crippen molar-refractivity contribution in [2.24, 2.45) is 0 Å². The fourth-order valence-electron chi connectivity index (χ4n) is 4.86. The Kier molecular flexibility index (Phi) is 6.04. The number of para-hydroxylation sites is 1. The van der Waals surface area contributed by atoms with Crippen LogP contribution in [0.5, 0.6) is 0 Å². The smallest absolute Gasteiger partial charge is 0.0547 e. The van der Waals surface area contributed by atoms with E-state index < -0.39 is 0 Å². The van der Waals surface area contributed by atoms with Crippen LogP contribution in [0.1, 0.15) is 33.4 Å². The maximum Gasteiger partial charge on any atom is 0.0547 e. The van der Waals surface area contributed by atoms with Gasteiger partial charge in [-0.3, -0.25) is 0 Å². The van der Waals surface area contributed by atoms with Crippen molar-refractivity contribution in [2.45, 2.75) is 13.8 Å². The highest BCUT2D eigenvalue weighted by Gasteiger charge is 2.13. The summed E-state index contributed by atoms with van der Waals surface area (Å²) in [5.41, 5.74) is 10.9. The predicted octanol–water partition coefficient (Wildman–Crippen LogP) is 9.74. The molecule has 1 heterocycles. The molecule has 0 aliphatic heterocycles. The third kappa shape index (κ3) is 4.77. The molecule has 37 heavy (non-hydrogen) atoms. The molecule has 0 unspecified atom stereocenters. The molecule has 6 aromatic rings. The molecule has 0 saturated heterocycles. The van der Waals surface area contributed by atoms with E-state index in [1.54, 1.807) is 0 Å². The Morgan fingerprint density at radius 1 is 0.432 bits per heavy atom. The molecular weight excluding hydrogens is 446 g/mol. The summed E-state index contributed by atoms with van der Waals surface area (Å²) in [4.78, 5) is 0. The number of aryl methyl sites for hydroxylation is 2. The van der Waals surface area contributed by atoms with E-state index in [0.717, 1.165) is 0 Å². The van der Waals surface area contributed by atoms with E-state index >= 15 is 0 Å². The molecule has 0 fully saturated rings. The van der Waals surface area contributed by atoms with Gasteiger partial charge in [0.1, 0.15) is 0 Å². The van der Waals surface area contributed by atoms with Crippen LogP contribution in [0.25, 0.3) is 51.8 Å². The fourth-order valence-corrected chi connectivity index (χ4v) is 4.86. The third-order valence-electron chi connectivity index (χ3n) is 6.92. The number of hydrogen-bond acceptors (Lipinski definition) is 0. The molecule has 0 saturated carbocycles. The van der Waals surface area contributed by atoms with Gasteiger partial charge in [-0.25, -0.2) is 0 Å². The fraction of sp³-hybridized carbons (Fsp3) is 0.0556. The Balaban J connectivity index is 1.47.